The quantitative estimate of drug-likeness (QED) is 0.268. The van der Waals surface area contributed by atoms with E-state index in [1.165, 1.54) is 0 Å². The number of pyridine rings is 1. The maximum atomic E-state index is 14.3. The largest absolute Gasteiger partial charge is 0.492 e. The van der Waals surface area contributed by atoms with E-state index in [1.807, 2.05) is 38.1 Å². The number of benzene rings is 1. The summed E-state index contributed by atoms with van der Waals surface area (Å²) in [4.78, 5) is 48.5. The van der Waals surface area contributed by atoms with Crippen LogP contribution in [0.3, 0.4) is 0 Å². The van der Waals surface area contributed by atoms with Gasteiger partial charge in [0.2, 0.25) is 17.7 Å². The van der Waals surface area contributed by atoms with E-state index in [0.717, 1.165) is 49.3 Å². The molecule has 2 aliphatic carbocycles. The van der Waals surface area contributed by atoms with Crippen molar-refractivity contribution in [1.29, 1.82) is 0 Å². The second-order valence-electron chi connectivity index (χ2n) is 13.8. The van der Waals surface area contributed by atoms with Gasteiger partial charge < -0.3 is 24.4 Å². The van der Waals surface area contributed by atoms with Crippen LogP contribution in [0.4, 0.5) is 0 Å². The van der Waals surface area contributed by atoms with Gasteiger partial charge in [-0.15, -0.1) is 0 Å². The van der Waals surface area contributed by atoms with Crippen molar-refractivity contribution in [1.82, 2.24) is 19.9 Å². The van der Waals surface area contributed by atoms with Gasteiger partial charge in [-0.25, -0.2) is 4.98 Å². The van der Waals surface area contributed by atoms with Crippen LogP contribution in [-0.4, -0.2) is 69.1 Å². The summed E-state index contributed by atoms with van der Waals surface area (Å²) >= 11 is 0. The van der Waals surface area contributed by atoms with E-state index in [2.05, 4.69) is 46.4 Å². The molecule has 9 nitrogen and oxygen atoms in total. The lowest BCUT2D eigenvalue weighted by molar-refractivity contribution is -0.140. The Hall–Kier alpha value is -3.40. The monoisotopic (exact) mass is 662 g/mol. The zero-order chi connectivity index (χ0) is 33.1. The number of rotatable bonds is 8. The molecule has 3 heterocycles. The summed E-state index contributed by atoms with van der Waals surface area (Å²) in [5.41, 5.74) is -1.00. The minimum atomic E-state index is -1.00. The van der Waals surface area contributed by atoms with Crippen molar-refractivity contribution in [3.63, 3.8) is 0 Å². The maximum absolute atomic E-state index is 14.3. The molecule has 3 amide bonds. The van der Waals surface area contributed by atoms with Crippen molar-refractivity contribution >= 4 is 44.5 Å². The Morgan fingerprint density at radius 3 is 2.68 bits per heavy atom. The number of fused-ring (bicyclic) bond motifs is 3. The number of amides is 3. The second-order valence-corrected chi connectivity index (χ2v) is 15.9. The third kappa shape index (κ3) is 7.37. The Labute approximate surface area is 281 Å². The van der Waals surface area contributed by atoms with Gasteiger partial charge in [0.25, 0.3) is 5.91 Å². The second kappa shape index (κ2) is 14.4. The van der Waals surface area contributed by atoms with E-state index in [-0.39, 0.29) is 46.8 Å². The highest BCUT2D eigenvalue weighted by molar-refractivity contribution is 8.14. The molecular formula is C37H50N4O5S. The van der Waals surface area contributed by atoms with Crippen molar-refractivity contribution in [2.75, 3.05) is 13.2 Å². The number of allylic oxidation sites excluding steroid dienone is 1. The molecular weight excluding hydrogens is 612 g/mol. The van der Waals surface area contributed by atoms with Crippen LogP contribution >= 0.6 is 10.7 Å². The number of nitrogens with one attached hydrogen (secondary N) is 2. The number of carbonyl (C=O) groups is 3. The maximum Gasteiger partial charge on any atom is 0.255 e. The van der Waals surface area contributed by atoms with Crippen LogP contribution in [-0.2, 0) is 14.4 Å². The van der Waals surface area contributed by atoms with Crippen LogP contribution < -0.4 is 19.5 Å². The van der Waals surface area contributed by atoms with Crippen molar-refractivity contribution < 1.29 is 23.9 Å². The highest BCUT2D eigenvalue weighted by Gasteiger charge is 2.61. The van der Waals surface area contributed by atoms with Gasteiger partial charge in [0.05, 0.1) is 19.3 Å². The van der Waals surface area contributed by atoms with Crippen LogP contribution in [0.15, 0.2) is 42.6 Å². The van der Waals surface area contributed by atoms with E-state index in [0.29, 0.717) is 48.7 Å². The summed E-state index contributed by atoms with van der Waals surface area (Å²) in [6.07, 6.45) is 12.9. The van der Waals surface area contributed by atoms with Gasteiger partial charge in [-0.05, 0) is 75.6 Å². The van der Waals surface area contributed by atoms with Gasteiger partial charge in [0.15, 0.2) is 0 Å². The SMILES string of the molecule is C/C=S(/NC(=O)[C@@]12C[C@H]1/C=C\CC[C@@H](C)C[C@@H](CC)CC(=O)N1C[C@H](Oc3ncc(OCC)c4ccccc34)C[C@H]1C(=O)N2)C1CC1. The van der Waals surface area contributed by atoms with E-state index in [4.69, 9.17) is 9.47 Å². The van der Waals surface area contributed by atoms with E-state index in [9.17, 15) is 14.4 Å². The first kappa shape index (κ1) is 33.5. The number of hydrogen-bond donors (Lipinski definition) is 2. The van der Waals surface area contributed by atoms with Crippen LogP contribution in [0.5, 0.6) is 11.6 Å². The van der Waals surface area contributed by atoms with Crippen molar-refractivity contribution in [2.45, 2.75) is 108 Å². The molecule has 4 aliphatic rings. The van der Waals surface area contributed by atoms with Crippen LogP contribution in [0.1, 0.15) is 85.5 Å². The lowest BCUT2D eigenvalue weighted by atomic mass is 9.88. The molecule has 2 N–H and O–H groups in total. The Kier molecular flexibility index (Phi) is 10.2. The molecule has 0 spiro atoms. The van der Waals surface area contributed by atoms with E-state index < -0.39 is 17.7 Å². The molecule has 3 fully saturated rings. The van der Waals surface area contributed by atoms with Crippen molar-refractivity contribution in [2.24, 2.45) is 17.8 Å². The molecule has 1 aromatic heterocycles. The standard InChI is InChI=1S/C37H50N4O5S/c1-5-25-18-24(4)12-8-9-13-26-21-37(26,36(44)40-47(7-3)28-16-17-28)39-34(43)31-20-27(23-41(31)33(42)19-25)46-35-30-15-11-10-14-29(30)32(22-38-35)45-6-2/h7,9-11,13-15,22,24-28,31H,5-6,8,12,16-21,23H2,1-4H3,(H,39,43)(H,40,44)/b13-9-/t24-,25-,26-,27-,31+,37-,47?/m1/s1. The smallest absolute Gasteiger partial charge is 0.255 e. The minimum Gasteiger partial charge on any atom is -0.492 e. The highest BCUT2D eigenvalue weighted by atomic mass is 32.2. The third-order valence-corrected chi connectivity index (χ3v) is 12.4. The number of hydrogen-bond acceptors (Lipinski definition) is 6. The Morgan fingerprint density at radius 1 is 1.17 bits per heavy atom. The highest BCUT2D eigenvalue weighted by Crippen LogP contribution is 2.47. The topological polar surface area (TPSA) is 110 Å². The summed E-state index contributed by atoms with van der Waals surface area (Å²) < 4.78 is 15.6. The first-order chi connectivity index (χ1) is 22.8. The van der Waals surface area contributed by atoms with Gasteiger partial charge in [0, 0.05) is 34.8 Å². The number of carbonyl (C=O) groups excluding carboxylic acids is 3. The molecule has 7 atom stereocenters. The summed E-state index contributed by atoms with van der Waals surface area (Å²) in [7, 11) is -0.310. The third-order valence-electron chi connectivity index (χ3n) is 10.3. The Bertz CT molecular complexity index is 1560. The molecule has 1 unspecified atom stereocenters. The zero-order valence-electron chi connectivity index (χ0n) is 28.2. The first-order valence-corrected chi connectivity index (χ1v) is 18.9. The lowest BCUT2D eigenvalue weighted by Gasteiger charge is -2.28. The van der Waals surface area contributed by atoms with Gasteiger partial charge in [-0.2, -0.15) is 0 Å². The van der Waals surface area contributed by atoms with Gasteiger partial charge in [0.1, 0.15) is 23.4 Å². The molecule has 2 saturated carbocycles. The summed E-state index contributed by atoms with van der Waals surface area (Å²) in [6, 6.07) is 7.07. The molecule has 1 saturated heterocycles. The fraction of sp³-hybridized carbons (Fsp3) is 0.595. The molecule has 6 rings (SSSR count). The van der Waals surface area contributed by atoms with Crippen molar-refractivity contribution in [3.05, 3.63) is 42.6 Å². The summed E-state index contributed by atoms with van der Waals surface area (Å²) in [6.45, 7) is 9.13. The van der Waals surface area contributed by atoms with Gasteiger partial charge in [-0.1, -0.05) is 61.3 Å². The van der Waals surface area contributed by atoms with Gasteiger partial charge in [-0.3, -0.25) is 14.4 Å². The van der Waals surface area contributed by atoms with Crippen molar-refractivity contribution in [3.8, 4) is 11.6 Å². The van der Waals surface area contributed by atoms with Gasteiger partial charge >= 0.3 is 0 Å². The van der Waals surface area contributed by atoms with E-state index in [1.54, 1.807) is 11.1 Å². The van der Waals surface area contributed by atoms with Crippen LogP contribution in [0.25, 0.3) is 10.8 Å². The molecule has 47 heavy (non-hydrogen) atoms. The lowest BCUT2D eigenvalue weighted by Crippen LogP contribution is -2.55. The zero-order valence-corrected chi connectivity index (χ0v) is 29.0. The number of ether oxygens (including phenoxy) is 2. The average Bonchev–Trinajstić information content (AvgIpc) is 3.99. The predicted molar refractivity (Wildman–Crippen MR) is 187 cm³/mol. The molecule has 254 valence electrons. The molecule has 0 bridgehead atoms. The fourth-order valence-electron chi connectivity index (χ4n) is 7.30. The first-order valence-electron chi connectivity index (χ1n) is 17.5. The molecule has 2 aliphatic heterocycles. The minimum absolute atomic E-state index is 0.0329. The summed E-state index contributed by atoms with van der Waals surface area (Å²) in [5.74, 6) is 1.34. The molecule has 2 aromatic rings. The Morgan fingerprint density at radius 2 is 1.96 bits per heavy atom. The molecule has 1 aromatic carbocycles. The normalized spacial score (nSPS) is 31.1. The summed E-state index contributed by atoms with van der Waals surface area (Å²) in [5, 5.41) is 7.49. The number of nitrogens with zero attached hydrogens (tertiary/aromatic N) is 2. The predicted octanol–water partition coefficient (Wildman–Crippen LogP) is 5.93. The number of aromatic nitrogens is 1. The molecule has 10 heteroatoms. The van der Waals surface area contributed by atoms with E-state index >= 15 is 0 Å². The Balaban J connectivity index is 1.28. The van der Waals surface area contributed by atoms with Crippen LogP contribution in [0, 0.1) is 17.8 Å². The average molecular weight is 663 g/mol. The van der Waals surface area contributed by atoms with Crippen LogP contribution in [0.2, 0.25) is 0 Å². The fourth-order valence-corrected chi connectivity index (χ4v) is 9.01. The molecule has 0 radical (unpaired) electrons.